The topological polar surface area (TPSA) is 65.5 Å². The van der Waals surface area contributed by atoms with Crippen molar-refractivity contribution >= 4 is 11.7 Å². The van der Waals surface area contributed by atoms with E-state index in [-0.39, 0.29) is 0 Å². The van der Waals surface area contributed by atoms with Gasteiger partial charge in [-0.25, -0.2) is 4.79 Å². The van der Waals surface area contributed by atoms with Crippen molar-refractivity contribution in [2.45, 2.75) is 27.2 Å². The number of nitrogens with zero attached hydrogens (tertiary/aromatic N) is 2. The fourth-order valence-electron chi connectivity index (χ4n) is 2.86. The largest absolute Gasteiger partial charge is 0.478 e. The molecule has 1 aliphatic heterocycles. The molecule has 110 valence electrons. The maximum atomic E-state index is 11.4. The Kier molecular flexibility index (Phi) is 4.60. The molecule has 2 N–H and O–H groups in total. The molecule has 1 aliphatic rings. The van der Waals surface area contributed by atoms with Gasteiger partial charge in [-0.1, -0.05) is 6.92 Å². The Balaban J connectivity index is 2.07. The van der Waals surface area contributed by atoms with Gasteiger partial charge >= 0.3 is 5.97 Å². The average molecular weight is 277 g/mol. The van der Waals surface area contributed by atoms with Crippen LogP contribution in [0, 0.1) is 19.8 Å². The number of likely N-dealkylation sites (tertiary alicyclic amines) is 1. The molecule has 0 amide bonds. The van der Waals surface area contributed by atoms with Gasteiger partial charge in [0.15, 0.2) is 0 Å². The molecular formula is C15H23N3O2. The molecule has 5 heteroatoms. The van der Waals surface area contributed by atoms with Gasteiger partial charge < -0.3 is 15.3 Å². The van der Waals surface area contributed by atoms with Crippen LogP contribution in [0.25, 0.3) is 0 Å². The zero-order valence-electron chi connectivity index (χ0n) is 12.4. The van der Waals surface area contributed by atoms with Crippen LogP contribution in [0.4, 0.5) is 5.69 Å². The normalized spacial score (nSPS) is 19.2. The number of aromatic nitrogens is 1. The summed E-state index contributed by atoms with van der Waals surface area (Å²) >= 11 is 0. The van der Waals surface area contributed by atoms with E-state index in [0.29, 0.717) is 22.9 Å². The Bertz CT molecular complexity index is 502. The van der Waals surface area contributed by atoms with Gasteiger partial charge in [-0.3, -0.25) is 4.98 Å². The third-order valence-electron chi connectivity index (χ3n) is 3.94. The Hall–Kier alpha value is -1.62. The number of hydrogen-bond acceptors (Lipinski definition) is 4. The summed E-state index contributed by atoms with van der Waals surface area (Å²) in [5.74, 6) is -0.329. The summed E-state index contributed by atoms with van der Waals surface area (Å²) < 4.78 is 0. The first kappa shape index (κ1) is 14.8. The number of pyridine rings is 1. The minimum Gasteiger partial charge on any atom is -0.478 e. The van der Waals surface area contributed by atoms with E-state index in [1.165, 1.54) is 6.42 Å². The molecule has 1 atom stereocenters. The highest BCUT2D eigenvalue weighted by Crippen LogP contribution is 2.22. The van der Waals surface area contributed by atoms with Gasteiger partial charge in [0.25, 0.3) is 0 Å². The number of aromatic carboxylic acids is 1. The van der Waals surface area contributed by atoms with Crippen molar-refractivity contribution in [2.24, 2.45) is 5.92 Å². The molecule has 2 rings (SSSR count). The van der Waals surface area contributed by atoms with Crippen molar-refractivity contribution in [3.8, 4) is 0 Å². The molecule has 0 spiro atoms. The van der Waals surface area contributed by atoms with Crippen LogP contribution in [-0.2, 0) is 0 Å². The van der Waals surface area contributed by atoms with E-state index in [9.17, 15) is 9.90 Å². The Labute approximate surface area is 120 Å². The molecule has 0 radical (unpaired) electrons. The predicted molar refractivity (Wildman–Crippen MR) is 79.4 cm³/mol. The molecule has 1 aromatic rings. The zero-order chi connectivity index (χ0) is 14.7. The van der Waals surface area contributed by atoms with Crippen LogP contribution in [0.2, 0.25) is 0 Å². The zero-order valence-corrected chi connectivity index (χ0v) is 12.4. The second kappa shape index (κ2) is 6.22. The molecule has 2 heterocycles. The van der Waals surface area contributed by atoms with Crippen molar-refractivity contribution in [2.75, 3.05) is 31.5 Å². The number of hydrogen-bond donors (Lipinski definition) is 2. The second-order valence-electron chi connectivity index (χ2n) is 5.51. The maximum absolute atomic E-state index is 11.4. The van der Waals surface area contributed by atoms with Crippen LogP contribution in [0.3, 0.4) is 0 Å². The van der Waals surface area contributed by atoms with Gasteiger partial charge in [0, 0.05) is 18.8 Å². The lowest BCUT2D eigenvalue weighted by Gasteiger charge is -2.16. The van der Waals surface area contributed by atoms with Crippen LogP contribution >= 0.6 is 0 Å². The van der Waals surface area contributed by atoms with Gasteiger partial charge in [0.05, 0.1) is 11.4 Å². The number of carboxylic acids is 1. The molecule has 5 nitrogen and oxygen atoms in total. The quantitative estimate of drug-likeness (QED) is 0.863. The van der Waals surface area contributed by atoms with Gasteiger partial charge in [0.1, 0.15) is 5.56 Å². The molecule has 1 saturated heterocycles. The molecule has 0 bridgehead atoms. The third kappa shape index (κ3) is 3.28. The average Bonchev–Trinajstić information content (AvgIpc) is 2.82. The highest BCUT2D eigenvalue weighted by atomic mass is 16.4. The van der Waals surface area contributed by atoms with Gasteiger partial charge in [-0.05, 0) is 45.3 Å². The summed E-state index contributed by atoms with van der Waals surface area (Å²) in [7, 11) is 0. The first-order valence-corrected chi connectivity index (χ1v) is 7.19. The Morgan fingerprint density at radius 1 is 1.55 bits per heavy atom. The Morgan fingerprint density at radius 2 is 2.30 bits per heavy atom. The lowest BCUT2D eigenvalue weighted by atomic mass is 10.1. The number of nitrogens with one attached hydrogen (secondary N) is 1. The Morgan fingerprint density at radius 3 is 2.90 bits per heavy atom. The van der Waals surface area contributed by atoms with Crippen LogP contribution in [0.1, 0.15) is 35.1 Å². The number of carbonyl (C=O) groups is 1. The van der Waals surface area contributed by atoms with Crippen LogP contribution in [-0.4, -0.2) is 47.1 Å². The van der Waals surface area contributed by atoms with E-state index in [0.717, 1.165) is 31.9 Å². The summed E-state index contributed by atoms with van der Waals surface area (Å²) in [4.78, 5) is 18.0. The molecule has 0 aromatic carbocycles. The van der Waals surface area contributed by atoms with E-state index in [1.54, 1.807) is 6.92 Å². The first-order chi connectivity index (χ1) is 9.51. The predicted octanol–water partition coefficient (Wildman–Crippen LogP) is 2.15. The van der Waals surface area contributed by atoms with Crippen LogP contribution in [0.5, 0.6) is 0 Å². The van der Waals surface area contributed by atoms with Crippen molar-refractivity contribution in [1.29, 1.82) is 0 Å². The second-order valence-corrected chi connectivity index (χ2v) is 5.51. The molecule has 0 aliphatic carbocycles. The third-order valence-corrected chi connectivity index (χ3v) is 3.94. The number of aryl methyl sites for hydroxylation is 2. The molecule has 1 aromatic heterocycles. The maximum Gasteiger partial charge on any atom is 0.339 e. The fraction of sp³-hybridized carbons (Fsp3) is 0.600. The standard InChI is InChI=1S/C15H23N3O2/c1-4-18-6-5-12(9-18)8-16-13-7-10(2)17-11(3)14(13)15(19)20/h7,12H,4-6,8-9H2,1-3H3,(H,16,17)(H,19,20). The number of carboxylic acid groups (broad SMARTS) is 1. The van der Waals surface area contributed by atoms with Crippen molar-refractivity contribution < 1.29 is 9.90 Å². The molecule has 20 heavy (non-hydrogen) atoms. The number of rotatable bonds is 5. The first-order valence-electron chi connectivity index (χ1n) is 7.19. The van der Waals surface area contributed by atoms with Crippen LogP contribution < -0.4 is 5.32 Å². The van der Waals surface area contributed by atoms with E-state index in [2.05, 4.69) is 22.1 Å². The number of anilines is 1. The highest BCUT2D eigenvalue weighted by Gasteiger charge is 2.22. The lowest BCUT2D eigenvalue weighted by Crippen LogP contribution is -2.23. The van der Waals surface area contributed by atoms with E-state index in [4.69, 9.17) is 0 Å². The minimum absolute atomic E-state index is 0.293. The molecule has 1 fully saturated rings. The summed E-state index contributed by atoms with van der Waals surface area (Å²) in [6.07, 6.45) is 1.17. The monoisotopic (exact) mass is 277 g/mol. The van der Waals surface area contributed by atoms with E-state index in [1.807, 2.05) is 13.0 Å². The van der Waals surface area contributed by atoms with Crippen molar-refractivity contribution in [1.82, 2.24) is 9.88 Å². The minimum atomic E-state index is -0.917. The summed E-state index contributed by atoms with van der Waals surface area (Å²) in [6, 6.07) is 1.82. The smallest absolute Gasteiger partial charge is 0.339 e. The summed E-state index contributed by atoms with van der Waals surface area (Å²) in [6.45, 7) is 9.95. The van der Waals surface area contributed by atoms with Crippen LogP contribution in [0.15, 0.2) is 6.07 Å². The highest BCUT2D eigenvalue weighted by molar-refractivity contribution is 5.95. The summed E-state index contributed by atoms with van der Waals surface area (Å²) in [5, 5.41) is 12.6. The fourth-order valence-corrected chi connectivity index (χ4v) is 2.86. The molecular weight excluding hydrogens is 254 g/mol. The summed E-state index contributed by atoms with van der Waals surface area (Å²) in [5.41, 5.74) is 2.40. The van der Waals surface area contributed by atoms with E-state index >= 15 is 0 Å². The van der Waals surface area contributed by atoms with E-state index < -0.39 is 5.97 Å². The van der Waals surface area contributed by atoms with Gasteiger partial charge in [-0.15, -0.1) is 0 Å². The van der Waals surface area contributed by atoms with Crippen molar-refractivity contribution in [3.63, 3.8) is 0 Å². The van der Waals surface area contributed by atoms with Gasteiger partial charge in [0.2, 0.25) is 0 Å². The SMILES string of the molecule is CCN1CCC(CNc2cc(C)nc(C)c2C(=O)O)C1. The molecule has 0 saturated carbocycles. The van der Waals surface area contributed by atoms with Gasteiger partial charge in [-0.2, -0.15) is 0 Å². The van der Waals surface area contributed by atoms with Crippen molar-refractivity contribution in [3.05, 3.63) is 23.0 Å². The molecule has 1 unspecified atom stereocenters. The lowest BCUT2D eigenvalue weighted by molar-refractivity contribution is 0.0696.